The monoisotopic (exact) mass is 214 g/mol. The van der Waals surface area contributed by atoms with Gasteiger partial charge in [0.1, 0.15) is 6.61 Å². The van der Waals surface area contributed by atoms with Crippen LogP contribution in [0.25, 0.3) is 0 Å². The Labute approximate surface area is 92.5 Å². The second kappa shape index (κ2) is 8.48. The maximum atomic E-state index is 10.9. The van der Waals surface area contributed by atoms with Gasteiger partial charge in [-0.1, -0.05) is 25.5 Å². The highest BCUT2D eigenvalue weighted by atomic mass is 16.6. The quantitative estimate of drug-likeness (QED) is 0.482. The summed E-state index contributed by atoms with van der Waals surface area (Å²) in [5.41, 5.74) is 1.16. The predicted molar refractivity (Wildman–Crippen MR) is 60.7 cm³/mol. The van der Waals surface area contributed by atoms with E-state index in [4.69, 9.17) is 9.47 Å². The van der Waals surface area contributed by atoms with Crippen LogP contribution in [0.3, 0.4) is 0 Å². The predicted octanol–water partition coefficient (Wildman–Crippen LogP) is 2.56. The molecule has 0 fully saturated rings. The van der Waals surface area contributed by atoms with Crippen LogP contribution in [-0.4, -0.2) is 25.8 Å². The molecule has 3 heteroatoms. The van der Waals surface area contributed by atoms with Gasteiger partial charge in [-0.2, -0.15) is 0 Å². The minimum Gasteiger partial charge on any atom is -0.464 e. The lowest BCUT2D eigenvalue weighted by Crippen LogP contribution is -2.13. The molecule has 0 aliphatic carbocycles. The lowest BCUT2D eigenvalue weighted by atomic mass is 10.1. The van der Waals surface area contributed by atoms with Gasteiger partial charge in [0, 0.05) is 0 Å². The van der Waals surface area contributed by atoms with Crippen LogP contribution >= 0.6 is 0 Å². The fourth-order valence-corrected chi connectivity index (χ4v) is 0.994. The Morgan fingerprint density at radius 1 is 1.33 bits per heavy atom. The number of carbonyl (C=O) groups excluding carboxylic acids is 1. The van der Waals surface area contributed by atoms with Gasteiger partial charge in [-0.25, -0.2) is 4.79 Å². The molecule has 0 aliphatic rings. The van der Waals surface area contributed by atoms with Gasteiger partial charge in [0.05, 0.1) is 13.2 Å². The third-order valence-electron chi connectivity index (χ3n) is 1.79. The van der Waals surface area contributed by atoms with Gasteiger partial charge in [0.2, 0.25) is 0 Å². The van der Waals surface area contributed by atoms with E-state index in [1.807, 2.05) is 6.92 Å². The molecule has 0 saturated heterocycles. The van der Waals surface area contributed by atoms with Crippen LogP contribution in [0.4, 0.5) is 0 Å². The van der Waals surface area contributed by atoms with Crippen molar-refractivity contribution >= 4 is 5.97 Å². The molecular weight excluding hydrogens is 192 g/mol. The maximum absolute atomic E-state index is 10.9. The highest BCUT2D eigenvalue weighted by Crippen LogP contribution is 2.04. The van der Waals surface area contributed by atoms with Crippen LogP contribution in [0.2, 0.25) is 0 Å². The molecule has 0 aromatic heterocycles. The van der Waals surface area contributed by atoms with E-state index in [0.717, 1.165) is 12.0 Å². The van der Waals surface area contributed by atoms with Crippen molar-refractivity contribution in [3.05, 3.63) is 11.6 Å². The lowest BCUT2D eigenvalue weighted by molar-refractivity contribution is -0.148. The number of hydrogen-bond acceptors (Lipinski definition) is 3. The molecule has 0 unspecified atom stereocenters. The zero-order chi connectivity index (χ0) is 11.7. The molecule has 0 radical (unpaired) electrons. The number of rotatable bonds is 7. The molecule has 15 heavy (non-hydrogen) atoms. The summed E-state index contributed by atoms with van der Waals surface area (Å²) in [5.74, 6) is 0.360. The molecule has 0 spiro atoms. The first-order chi connectivity index (χ1) is 7.06. The second-order valence-electron chi connectivity index (χ2n) is 3.98. The van der Waals surface area contributed by atoms with Crippen LogP contribution in [0.1, 0.15) is 34.1 Å². The summed E-state index contributed by atoms with van der Waals surface area (Å²) >= 11 is 0. The van der Waals surface area contributed by atoms with Crippen molar-refractivity contribution < 1.29 is 14.3 Å². The van der Waals surface area contributed by atoms with Crippen molar-refractivity contribution in [3.8, 4) is 0 Å². The van der Waals surface area contributed by atoms with Gasteiger partial charge in [0.15, 0.2) is 0 Å². The fraction of sp³-hybridized carbons (Fsp3) is 0.750. The van der Waals surface area contributed by atoms with Crippen LogP contribution < -0.4 is 0 Å². The van der Waals surface area contributed by atoms with E-state index in [0.29, 0.717) is 19.1 Å². The first kappa shape index (κ1) is 14.2. The Morgan fingerprint density at radius 2 is 2.00 bits per heavy atom. The SMILES string of the molecule is CCOC(=O)COC/C(C)=C/CC(C)C. The molecule has 0 aliphatic heterocycles. The molecular formula is C12H22O3. The highest BCUT2D eigenvalue weighted by molar-refractivity contribution is 5.70. The minimum atomic E-state index is -0.297. The Hall–Kier alpha value is -0.830. The molecule has 3 nitrogen and oxygen atoms in total. The van der Waals surface area contributed by atoms with Crippen LogP contribution in [-0.2, 0) is 14.3 Å². The lowest BCUT2D eigenvalue weighted by Gasteiger charge is -2.05. The summed E-state index contributed by atoms with van der Waals surface area (Å²) < 4.78 is 9.94. The number of carbonyl (C=O) groups is 1. The third-order valence-corrected chi connectivity index (χ3v) is 1.79. The molecule has 88 valence electrons. The molecule has 0 saturated carbocycles. The van der Waals surface area contributed by atoms with Crippen LogP contribution in [0.15, 0.2) is 11.6 Å². The molecule has 0 N–H and O–H groups in total. The van der Waals surface area contributed by atoms with Gasteiger partial charge in [-0.15, -0.1) is 0 Å². The average Bonchev–Trinajstić information content (AvgIpc) is 2.15. The van der Waals surface area contributed by atoms with Crippen molar-refractivity contribution in [1.82, 2.24) is 0 Å². The average molecular weight is 214 g/mol. The van der Waals surface area contributed by atoms with Crippen LogP contribution in [0, 0.1) is 5.92 Å². The van der Waals surface area contributed by atoms with E-state index in [1.54, 1.807) is 6.92 Å². The van der Waals surface area contributed by atoms with E-state index in [2.05, 4.69) is 19.9 Å². The van der Waals surface area contributed by atoms with Crippen molar-refractivity contribution in [3.63, 3.8) is 0 Å². The summed E-state index contributed by atoms with van der Waals surface area (Å²) in [5, 5.41) is 0. The van der Waals surface area contributed by atoms with Crippen LogP contribution in [0.5, 0.6) is 0 Å². The fourth-order valence-electron chi connectivity index (χ4n) is 0.994. The van der Waals surface area contributed by atoms with Gasteiger partial charge in [-0.3, -0.25) is 0 Å². The Balaban J connectivity index is 3.58. The Kier molecular flexibility index (Phi) is 8.01. The molecule has 0 bridgehead atoms. The second-order valence-corrected chi connectivity index (χ2v) is 3.98. The van der Waals surface area contributed by atoms with Gasteiger partial charge >= 0.3 is 5.97 Å². The molecule has 0 aromatic carbocycles. The normalized spacial score (nSPS) is 11.9. The Bertz CT molecular complexity index is 207. The van der Waals surface area contributed by atoms with Gasteiger partial charge in [0.25, 0.3) is 0 Å². The van der Waals surface area contributed by atoms with Gasteiger partial charge in [-0.05, 0) is 26.2 Å². The molecule has 0 atom stereocenters. The van der Waals surface area contributed by atoms with Crippen molar-refractivity contribution in [2.45, 2.75) is 34.1 Å². The first-order valence-electron chi connectivity index (χ1n) is 5.45. The summed E-state index contributed by atoms with van der Waals surface area (Å²) in [6.45, 7) is 9.09. The van der Waals surface area contributed by atoms with E-state index in [-0.39, 0.29) is 12.6 Å². The van der Waals surface area contributed by atoms with Crippen molar-refractivity contribution in [2.75, 3.05) is 19.8 Å². The minimum absolute atomic E-state index is 0.0424. The van der Waals surface area contributed by atoms with Gasteiger partial charge < -0.3 is 9.47 Å². The number of ether oxygens (including phenoxy) is 2. The van der Waals surface area contributed by atoms with E-state index in [1.165, 1.54) is 0 Å². The zero-order valence-corrected chi connectivity index (χ0v) is 10.2. The summed E-state index contributed by atoms with van der Waals surface area (Å²) in [4.78, 5) is 10.9. The smallest absolute Gasteiger partial charge is 0.332 e. The summed E-state index contributed by atoms with van der Waals surface area (Å²) in [6, 6.07) is 0. The molecule has 0 aromatic rings. The number of esters is 1. The summed E-state index contributed by atoms with van der Waals surface area (Å²) in [7, 11) is 0. The molecule has 0 heterocycles. The Morgan fingerprint density at radius 3 is 2.53 bits per heavy atom. The molecule has 0 rings (SSSR count). The first-order valence-corrected chi connectivity index (χ1v) is 5.45. The standard InChI is InChI=1S/C12H22O3/c1-5-15-12(13)9-14-8-11(4)7-6-10(2)3/h7,10H,5-6,8-9H2,1-4H3/b11-7+. The molecule has 0 amide bonds. The van der Waals surface area contributed by atoms with Crippen molar-refractivity contribution in [1.29, 1.82) is 0 Å². The zero-order valence-electron chi connectivity index (χ0n) is 10.2. The largest absolute Gasteiger partial charge is 0.464 e. The number of hydrogen-bond donors (Lipinski definition) is 0. The van der Waals surface area contributed by atoms with Crippen molar-refractivity contribution in [2.24, 2.45) is 5.92 Å². The topological polar surface area (TPSA) is 35.5 Å². The number of allylic oxidation sites excluding steroid dienone is 1. The van der Waals surface area contributed by atoms with E-state index < -0.39 is 0 Å². The van der Waals surface area contributed by atoms with E-state index in [9.17, 15) is 4.79 Å². The third kappa shape index (κ3) is 9.47. The highest BCUT2D eigenvalue weighted by Gasteiger charge is 2.01. The summed E-state index contributed by atoms with van der Waals surface area (Å²) in [6.07, 6.45) is 3.20. The van der Waals surface area contributed by atoms with E-state index >= 15 is 0 Å². The maximum Gasteiger partial charge on any atom is 0.332 e.